The van der Waals surface area contributed by atoms with E-state index in [0.29, 0.717) is 5.41 Å². The molecule has 1 fully saturated rings. The van der Waals surface area contributed by atoms with Crippen molar-refractivity contribution >= 4 is 34.2 Å². The molecule has 0 bridgehead atoms. The van der Waals surface area contributed by atoms with E-state index in [0.717, 1.165) is 28.3 Å². The molecule has 1 saturated carbocycles. The van der Waals surface area contributed by atoms with Gasteiger partial charge in [0.25, 0.3) is 0 Å². The van der Waals surface area contributed by atoms with Gasteiger partial charge in [0.1, 0.15) is 0 Å². The third-order valence-electron chi connectivity index (χ3n) is 4.62. The van der Waals surface area contributed by atoms with Gasteiger partial charge in [-0.1, -0.05) is 32.0 Å². The standard InChI is InChI=1S/C16H17N3S/c1-16(2)7-10(16)9-19-14-11-5-3-4-6-12(11)17-8-13(14)18-15(19)20/h3-6,8,10H,7,9H2,1-2H3,(H,18,20). The number of H-pyrrole nitrogens is 1. The Kier molecular flexibility index (Phi) is 2.37. The number of nitrogens with zero attached hydrogens (tertiary/aromatic N) is 2. The number of aromatic nitrogens is 3. The zero-order valence-electron chi connectivity index (χ0n) is 11.7. The highest BCUT2D eigenvalue weighted by molar-refractivity contribution is 7.71. The van der Waals surface area contributed by atoms with E-state index in [9.17, 15) is 0 Å². The van der Waals surface area contributed by atoms with Gasteiger partial charge in [-0.15, -0.1) is 0 Å². The average Bonchev–Trinajstić information content (AvgIpc) is 2.88. The molecule has 20 heavy (non-hydrogen) atoms. The Morgan fingerprint density at radius 2 is 2.15 bits per heavy atom. The number of benzene rings is 1. The van der Waals surface area contributed by atoms with Gasteiger partial charge >= 0.3 is 0 Å². The van der Waals surface area contributed by atoms with Crippen LogP contribution in [0.4, 0.5) is 0 Å². The van der Waals surface area contributed by atoms with Gasteiger partial charge in [-0.2, -0.15) is 0 Å². The fraction of sp³-hybridized carbons (Fsp3) is 0.375. The quantitative estimate of drug-likeness (QED) is 0.712. The summed E-state index contributed by atoms with van der Waals surface area (Å²) in [6.45, 7) is 5.66. The third kappa shape index (κ3) is 1.71. The van der Waals surface area contributed by atoms with Gasteiger partial charge in [0.05, 0.1) is 22.7 Å². The van der Waals surface area contributed by atoms with Gasteiger partial charge in [0.2, 0.25) is 0 Å². The summed E-state index contributed by atoms with van der Waals surface area (Å²) in [5.74, 6) is 0.722. The van der Waals surface area contributed by atoms with Crippen molar-refractivity contribution in [3.8, 4) is 0 Å². The second kappa shape index (κ2) is 3.92. The molecule has 1 unspecified atom stereocenters. The first-order valence-corrected chi connectivity index (χ1v) is 7.43. The van der Waals surface area contributed by atoms with Crippen LogP contribution in [0.2, 0.25) is 0 Å². The lowest BCUT2D eigenvalue weighted by molar-refractivity contribution is 0.502. The topological polar surface area (TPSA) is 33.6 Å². The molecule has 2 aromatic heterocycles. The molecule has 0 aliphatic heterocycles. The van der Waals surface area contributed by atoms with Crippen LogP contribution in [0.25, 0.3) is 21.9 Å². The van der Waals surface area contributed by atoms with E-state index in [1.807, 2.05) is 12.3 Å². The Morgan fingerprint density at radius 3 is 2.90 bits per heavy atom. The number of hydrogen-bond donors (Lipinski definition) is 1. The first kappa shape index (κ1) is 12.1. The zero-order valence-corrected chi connectivity index (χ0v) is 12.5. The first-order chi connectivity index (χ1) is 9.56. The highest BCUT2D eigenvalue weighted by Crippen LogP contribution is 2.52. The van der Waals surface area contributed by atoms with Crippen molar-refractivity contribution in [2.75, 3.05) is 0 Å². The van der Waals surface area contributed by atoms with Gasteiger partial charge in [-0.25, -0.2) is 0 Å². The van der Waals surface area contributed by atoms with E-state index in [1.54, 1.807) is 0 Å². The fourth-order valence-corrected chi connectivity index (χ4v) is 3.35. The van der Waals surface area contributed by atoms with E-state index in [4.69, 9.17) is 12.2 Å². The van der Waals surface area contributed by atoms with Gasteiger partial charge in [-0.05, 0) is 36.0 Å². The molecule has 0 radical (unpaired) electrons. The summed E-state index contributed by atoms with van der Waals surface area (Å²) in [6.07, 6.45) is 3.17. The number of aromatic amines is 1. The third-order valence-corrected chi connectivity index (χ3v) is 4.95. The predicted molar refractivity (Wildman–Crippen MR) is 84.3 cm³/mol. The van der Waals surface area contributed by atoms with E-state index < -0.39 is 0 Å². The second-order valence-electron chi connectivity index (χ2n) is 6.47. The van der Waals surface area contributed by atoms with Crippen LogP contribution in [-0.2, 0) is 6.54 Å². The highest BCUT2D eigenvalue weighted by atomic mass is 32.1. The number of nitrogens with one attached hydrogen (secondary N) is 1. The maximum atomic E-state index is 5.52. The SMILES string of the molecule is CC1(C)CC1Cn1c(=S)[nH]c2cnc3ccccc3c21. The van der Waals surface area contributed by atoms with Crippen molar-refractivity contribution in [1.29, 1.82) is 0 Å². The summed E-state index contributed by atoms with van der Waals surface area (Å²) in [6, 6.07) is 8.26. The lowest BCUT2D eigenvalue weighted by atomic mass is 10.1. The maximum Gasteiger partial charge on any atom is 0.178 e. The molecule has 1 N–H and O–H groups in total. The van der Waals surface area contributed by atoms with Crippen LogP contribution in [0.5, 0.6) is 0 Å². The lowest BCUT2D eigenvalue weighted by Gasteiger charge is -2.08. The van der Waals surface area contributed by atoms with Crippen LogP contribution in [0, 0.1) is 16.1 Å². The molecular weight excluding hydrogens is 266 g/mol. The number of rotatable bonds is 2. The van der Waals surface area contributed by atoms with Crippen LogP contribution in [-0.4, -0.2) is 14.5 Å². The number of para-hydroxylation sites is 1. The van der Waals surface area contributed by atoms with Crippen LogP contribution in [0.15, 0.2) is 30.5 Å². The number of imidazole rings is 1. The van der Waals surface area contributed by atoms with E-state index in [-0.39, 0.29) is 0 Å². The Balaban J connectivity index is 1.97. The molecule has 0 amide bonds. The van der Waals surface area contributed by atoms with Gasteiger partial charge in [0, 0.05) is 11.9 Å². The monoisotopic (exact) mass is 283 g/mol. The van der Waals surface area contributed by atoms with Gasteiger partial charge < -0.3 is 9.55 Å². The summed E-state index contributed by atoms with van der Waals surface area (Å²) in [5, 5.41) is 1.18. The first-order valence-electron chi connectivity index (χ1n) is 7.02. The summed E-state index contributed by atoms with van der Waals surface area (Å²) < 4.78 is 3.06. The van der Waals surface area contributed by atoms with Crippen molar-refractivity contribution in [2.45, 2.75) is 26.8 Å². The minimum atomic E-state index is 0.460. The molecule has 1 aromatic carbocycles. The smallest absolute Gasteiger partial charge is 0.178 e. The largest absolute Gasteiger partial charge is 0.329 e. The van der Waals surface area contributed by atoms with Crippen molar-refractivity contribution in [3.05, 3.63) is 35.2 Å². The Morgan fingerprint density at radius 1 is 1.40 bits per heavy atom. The van der Waals surface area contributed by atoms with Gasteiger partial charge in [-0.3, -0.25) is 4.98 Å². The Bertz CT molecular complexity index is 872. The van der Waals surface area contributed by atoms with Crippen molar-refractivity contribution < 1.29 is 0 Å². The fourth-order valence-electron chi connectivity index (χ4n) is 3.08. The van der Waals surface area contributed by atoms with Crippen molar-refractivity contribution in [1.82, 2.24) is 14.5 Å². The molecule has 1 aliphatic rings. The second-order valence-corrected chi connectivity index (χ2v) is 6.85. The van der Waals surface area contributed by atoms with Crippen LogP contribution < -0.4 is 0 Å². The normalized spacial score (nSPS) is 20.6. The minimum Gasteiger partial charge on any atom is -0.329 e. The zero-order chi connectivity index (χ0) is 13.9. The van der Waals surface area contributed by atoms with E-state index in [1.165, 1.54) is 17.3 Å². The molecule has 0 saturated heterocycles. The summed E-state index contributed by atoms with van der Waals surface area (Å²) in [4.78, 5) is 7.79. The number of fused-ring (bicyclic) bond motifs is 3. The summed E-state index contributed by atoms with van der Waals surface area (Å²) in [7, 11) is 0. The Labute approximate surface area is 122 Å². The molecule has 0 spiro atoms. The Hall–Kier alpha value is -1.68. The molecule has 4 heteroatoms. The summed E-state index contributed by atoms with van der Waals surface area (Å²) >= 11 is 5.52. The molecule has 4 rings (SSSR count). The van der Waals surface area contributed by atoms with E-state index >= 15 is 0 Å². The van der Waals surface area contributed by atoms with Gasteiger partial charge in [0.15, 0.2) is 4.77 Å². The highest BCUT2D eigenvalue weighted by Gasteiger charge is 2.45. The van der Waals surface area contributed by atoms with Crippen molar-refractivity contribution in [3.63, 3.8) is 0 Å². The maximum absolute atomic E-state index is 5.52. The van der Waals surface area contributed by atoms with Crippen LogP contribution in [0.3, 0.4) is 0 Å². The molecule has 2 heterocycles. The molecule has 3 aromatic rings. The van der Waals surface area contributed by atoms with E-state index in [2.05, 4.69) is 46.6 Å². The molecule has 1 atom stereocenters. The number of pyridine rings is 1. The predicted octanol–water partition coefficient (Wildman–Crippen LogP) is 4.29. The van der Waals surface area contributed by atoms with Crippen LogP contribution in [0.1, 0.15) is 20.3 Å². The average molecular weight is 283 g/mol. The molecule has 102 valence electrons. The minimum absolute atomic E-state index is 0.460. The molecular formula is C16H17N3S. The lowest BCUT2D eigenvalue weighted by Crippen LogP contribution is -2.04. The van der Waals surface area contributed by atoms with Crippen molar-refractivity contribution in [2.24, 2.45) is 11.3 Å². The molecule has 3 nitrogen and oxygen atoms in total. The van der Waals surface area contributed by atoms with Crippen LogP contribution >= 0.6 is 12.2 Å². The summed E-state index contributed by atoms with van der Waals surface area (Å²) in [5.41, 5.74) is 3.72. The number of hydrogen-bond acceptors (Lipinski definition) is 2. The molecule has 1 aliphatic carbocycles.